The number of anilines is 2. The number of nitrogens with one attached hydrogen (secondary N) is 2. The first kappa shape index (κ1) is 23.2. The SMILES string of the molecule is CCNC1CCN(c2cc(F)c(C(=O)Nc3cn4cc(C)nc(CC)c4n3)c3nn(C)cc23)CC1. The van der Waals surface area contributed by atoms with Crippen molar-refractivity contribution in [2.75, 3.05) is 29.9 Å². The van der Waals surface area contributed by atoms with Crippen LogP contribution in [0.4, 0.5) is 15.9 Å². The molecule has 35 heavy (non-hydrogen) atoms. The highest BCUT2D eigenvalue weighted by molar-refractivity contribution is 6.14. The molecule has 1 saturated heterocycles. The predicted molar refractivity (Wildman–Crippen MR) is 135 cm³/mol. The van der Waals surface area contributed by atoms with E-state index in [1.54, 1.807) is 17.9 Å². The van der Waals surface area contributed by atoms with Gasteiger partial charge >= 0.3 is 0 Å². The first-order chi connectivity index (χ1) is 16.9. The second kappa shape index (κ2) is 9.26. The van der Waals surface area contributed by atoms with E-state index in [2.05, 4.69) is 37.5 Å². The van der Waals surface area contributed by atoms with Crippen LogP contribution in [-0.2, 0) is 13.5 Å². The number of aryl methyl sites for hydroxylation is 3. The number of hydrogen-bond donors (Lipinski definition) is 2. The van der Waals surface area contributed by atoms with Gasteiger partial charge in [0.1, 0.15) is 16.9 Å². The molecule has 1 aliphatic rings. The third-order valence-corrected chi connectivity index (χ3v) is 6.60. The lowest BCUT2D eigenvalue weighted by Crippen LogP contribution is -2.42. The molecule has 0 atom stereocenters. The normalized spacial score (nSPS) is 14.8. The van der Waals surface area contributed by atoms with Crippen molar-refractivity contribution in [3.05, 3.63) is 47.4 Å². The topological polar surface area (TPSA) is 92.4 Å². The zero-order chi connectivity index (χ0) is 24.7. The fourth-order valence-corrected chi connectivity index (χ4v) is 5.01. The number of fused-ring (bicyclic) bond motifs is 2. The molecule has 4 aromatic rings. The van der Waals surface area contributed by atoms with E-state index in [-0.39, 0.29) is 5.56 Å². The summed E-state index contributed by atoms with van der Waals surface area (Å²) in [5.74, 6) is -0.821. The van der Waals surface area contributed by atoms with E-state index < -0.39 is 11.7 Å². The number of aromatic nitrogens is 5. The van der Waals surface area contributed by atoms with Crippen LogP contribution in [0, 0.1) is 12.7 Å². The molecule has 1 aromatic carbocycles. The van der Waals surface area contributed by atoms with Gasteiger partial charge in [-0.3, -0.25) is 14.5 Å². The molecule has 2 N–H and O–H groups in total. The Hall–Kier alpha value is -3.53. The van der Waals surface area contributed by atoms with Crippen LogP contribution in [0.3, 0.4) is 0 Å². The standard InChI is InChI=1S/C25H31FN8O/c1-5-19-24-29-21(14-34(24)12-15(3)28-19)30-25(35)22-18(26)11-20(17-13-32(4)31-23(17)22)33-9-7-16(8-10-33)27-6-2/h11-14,16,27H,5-10H2,1-4H3,(H,30,35). The molecular formula is C25H31FN8O. The van der Waals surface area contributed by atoms with Crippen LogP contribution in [0.25, 0.3) is 16.6 Å². The molecule has 4 heterocycles. The number of imidazole rings is 1. The van der Waals surface area contributed by atoms with Crippen molar-refractivity contribution in [1.82, 2.24) is 29.5 Å². The lowest BCUT2D eigenvalue weighted by Gasteiger charge is -2.34. The zero-order valence-electron chi connectivity index (χ0n) is 20.6. The summed E-state index contributed by atoms with van der Waals surface area (Å²) in [5, 5.41) is 11.5. The first-order valence-electron chi connectivity index (χ1n) is 12.2. The number of hydrogen-bond acceptors (Lipinski definition) is 6. The van der Waals surface area contributed by atoms with Gasteiger partial charge in [-0.15, -0.1) is 0 Å². The second-order valence-electron chi connectivity index (χ2n) is 9.13. The summed E-state index contributed by atoms with van der Waals surface area (Å²) in [4.78, 5) is 24.5. The molecule has 1 amide bonds. The van der Waals surface area contributed by atoms with Gasteiger partial charge < -0.3 is 19.9 Å². The van der Waals surface area contributed by atoms with Crippen LogP contribution in [0.2, 0.25) is 0 Å². The molecular weight excluding hydrogens is 447 g/mol. The summed E-state index contributed by atoms with van der Waals surface area (Å²) in [7, 11) is 1.78. The number of carbonyl (C=O) groups excluding carboxylic acids is 1. The van der Waals surface area contributed by atoms with Gasteiger partial charge in [-0.2, -0.15) is 5.10 Å². The maximum absolute atomic E-state index is 15.5. The molecule has 3 aromatic heterocycles. The maximum Gasteiger partial charge on any atom is 0.262 e. The Morgan fingerprint density at radius 3 is 2.66 bits per heavy atom. The molecule has 1 aliphatic heterocycles. The number of nitrogens with zero attached hydrogens (tertiary/aromatic N) is 6. The lowest BCUT2D eigenvalue weighted by molar-refractivity contribution is 0.102. The number of piperidine rings is 1. The number of rotatable bonds is 6. The van der Waals surface area contributed by atoms with Gasteiger partial charge in [0.05, 0.1) is 23.3 Å². The molecule has 9 nitrogen and oxygen atoms in total. The molecule has 1 fully saturated rings. The highest BCUT2D eigenvalue weighted by Crippen LogP contribution is 2.33. The minimum Gasteiger partial charge on any atom is -0.371 e. The van der Waals surface area contributed by atoms with Gasteiger partial charge in [0.25, 0.3) is 5.91 Å². The quantitative estimate of drug-likeness (QED) is 0.441. The Bertz CT molecular complexity index is 1400. The molecule has 0 saturated carbocycles. The van der Waals surface area contributed by atoms with E-state index in [1.807, 2.05) is 30.6 Å². The van der Waals surface area contributed by atoms with Gasteiger partial charge in [-0.05, 0) is 38.8 Å². The largest absolute Gasteiger partial charge is 0.371 e. The summed E-state index contributed by atoms with van der Waals surface area (Å²) in [5.41, 5.74) is 3.42. The molecule has 5 rings (SSSR count). The first-order valence-corrected chi connectivity index (χ1v) is 12.2. The van der Waals surface area contributed by atoms with Crippen molar-refractivity contribution >= 4 is 34.0 Å². The minimum atomic E-state index is -0.590. The Morgan fingerprint density at radius 1 is 1.17 bits per heavy atom. The van der Waals surface area contributed by atoms with Crippen LogP contribution in [-0.4, -0.2) is 55.7 Å². The summed E-state index contributed by atoms with van der Waals surface area (Å²) in [6, 6.07) is 1.95. The van der Waals surface area contributed by atoms with E-state index in [9.17, 15) is 4.79 Å². The van der Waals surface area contributed by atoms with Crippen LogP contribution in [0.1, 0.15) is 48.4 Å². The molecule has 0 spiro atoms. The van der Waals surface area contributed by atoms with Crippen molar-refractivity contribution in [2.24, 2.45) is 7.05 Å². The molecule has 0 aliphatic carbocycles. The van der Waals surface area contributed by atoms with Crippen molar-refractivity contribution in [2.45, 2.75) is 46.1 Å². The molecule has 184 valence electrons. The smallest absolute Gasteiger partial charge is 0.262 e. The number of benzene rings is 1. The van der Waals surface area contributed by atoms with Gasteiger partial charge in [-0.25, -0.2) is 9.37 Å². The highest BCUT2D eigenvalue weighted by atomic mass is 19.1. The fourth-order valence-electron chi connectivity index (χ4n) is 5.01. The second-order valence-corrected chi connectivity index (χ2v) is 9.13. The van der Waals surface area contributed by atoms with Gasteiger partial charge in [0, 0.05) is 44.0 Å². The number of amides is 1. The Labute approximate surface area is 203 Å². The van der Waals surface area contributed by atoms with Crippen molar-refractivity contribution in [3.8, 4) is 0 Å². The fraction of sp³-hybridized carbons (Fsp3) is 0.440. The Morgan fingerprint density at radius 2 is 1.94 bits per heavy atom. The summed E-state index contributed by atoms with van der Waals surface area (Å²) < 4.78 is 19.0. The molecule has 0 unspecified atom stereocenters. The van der Waals surface area contributed by atoms with E-state index in [0.29, 0.717) is 29.4 Å². The average Bonchev–Trinajstić information content (AvgIpc) is 3.40. The van der Waals surface area contributed by atoms with E-state index in [0.717, 1.165) is 54.9 Å². The minimum absolute atomic E-state index is 0.0750. The van der Waals surface area contributed by atoms with Crippen LogP contribution in [0.15, 0.2) is 24.7 Å². The predicted octanol–water partition coefficient (Wildman–Crippen LogP) is 3.46. The average molecular weight is 479 g/mol. The summed E-state index contributed by atoms with van der Waals surface area (Å²) >= 11 is 0. The van der Waals surface area contributed by atoms with E-state index >= 15 is 4.39 Å². The van der Waals surface area contributed by atoms with Crippen LogP contribution < -0.4 is 15.5 Å². The van der Waals surface area contributed by atoms with Gasteiger partial charge in [0.2, 0.25) is 0 Å². The van der Waals surface area contributed by atoms with Crippen LogP contribution in [0.5, 0.6) is 0 Å². The highest BCUT2D eigenvalue weighted by Gasteiger charge is 2.26. The van der Waals surface area contributed by atoms with E-state index in [1.165, 1.54) is 6.07 Å². The van der Waals surface area contributed by atoms with Crippen molar-refractivity contribution in [3.63, 3.8) is 0 Å². The van der Waals surface area contributed by atoms with Crippen molar-refractivity contribution in [1.29, 1.82) is 0 Å². The summed E-state index contributed by atoms with van der Waals surface area (Å²) in [6.45, 7) is 8.61. The lowest BCUT2D eigenvalue weighted by atomic mass is 10.0. The number of carbonyl (C=O) groups is 1. The Kier molecular flexibility index (Phi) is 6.14. The maximum atomic E-state index is 15.5. The monoisotopic (exact) mass is 478 g/mol. The van der Waals surface area contributed by atoms with Crippen molar-refractivity contribution < 1.29 is 9.18 Å². The third kappa shape index (κ3) is 4.34. The van der Waals surface area contributed by atoms with Gasteiger partial charge in [-0.1, -0.05) is 13.8 Å². The zero-order valence-corrected chi connectivity index (χ0v) is 20.6. The Balaban J connectivity index is 1.47. The van der Waals surface area contributed by atoms with Gasteiger partial charge in [0.15, 0.2) is 11.5 Å². The van der Waals surface area contributed by atoms with Crippen LogP contribution >= 0.6 is 0 Å². The van der Waals surface area contributed by atoms with E-state index in [4.69, 9.17) is 0 Å². The summed E-state index contributed by atoms with van der Waals surface area (Å²) in [6.07, 6.45) is 8.11. The molecule has 0 bridgehead atoms. The third-order valence-electron chi connectivity index (χ3n) is 6.60. The molecule has 0 radical (unpaired) electrons. The number of halogens is 1. The molecule has 10 heteroatoms.